The van der Waals surface area contributed by atoms with Crippen molar-refractivity contribution in [2.75, 3.05) is 27.1 Å². The van der Waals surface area contributed by atoms with Crippen molar-refractivity contribution >= 4 is 28.7 Å². The number of benzene rings is 1. The van der Waals surface area contributed by atoms with Gasteiger partial charge in [0.25, 0.3) is 5.91 Å². The van der Waals surface area contributed by atoms with Gasteiger partial charge in [-0.3, -0.25) is 4.79 Å². The number of nitrogens with two attached hydrogens (primary N) is 1. The molecule has 0 saturated carbocycles. The highest BCUT2D eigenvalue weighted by atomic mass is 32.1. The minimum atomic E-state index is -0.304. The number of methoxy groups -OCH3 is 3. The highest BCUT2D eigenvalue weighted by molar-refractivity contribution is 7.13. The zero-order valence-electron chi connectivity index (χ0n) is 17.1. The van der Waals surface area contributed by atoms with Crippen molar-refractivity contribution in [2.24, 2.45) is 0 Å². The van der Waals surface area contributed by atoms with Crippen molar-refractivity contribution in [3.05, 3.63) is 47.0 Å². The third-order valence-corrected chi connectivity index (χ3v) is 5.30. The predicted octanol–water partition coefficient (Wildman–Crippen LogP) is 2.39. The first-order valence-electron chi connectivity index (χ1n) is 9.17. The van der Waals surface area contributed by atoms with Gasteiger partial charge in [-0.2, -0.15) is 4.52 Å². The molecule has 160 valence electrons. The molecule has 0 aliphatic carbocycles. The molecule has 0 fully saturated rings. The number of nitrogen functional groups attached to an aromatic ring is 1. The number of aromatic nitrogens is 4. The highest BCUT2D eigenvalue weighted by Gasteiger charge is 2.16. The summed E-state index contributed by atoms with van der Waals surface area (Å²) in [6.07, 6.45) is 1.68. The van der Waals surface area contributed by atoms with Crippen LogP contribution in [0.1, 0.15) is 15.9 Å². The number of nitrogens with zero attached hydrogens (tertiary/aromatic N) is 4. The fourth-order valence-corrected chi connectivity index (χ4v) is 3.65. The number of amides is 1. The van der Waals surface area contributed by atoms with Gasteiger partial charge >= 0.3 is 0 Å². The first-order chi connectivity index (χ1) is 15.0. The molecule has 31 heavy (non-hydrogen) atoms. The van der Waals surface area contributed by atoms with Crippen molar-refractivity contribution in [2.45, 2.75) is 6.54 Å². The van der Waals surface area contributed by atoms with E-state index in [-0.39, 0.29) is 12.5 Å². The SMILES string of the molecule is COc1cc(CNC(=O)c2cc(N)n3nc(-c4nccs4)nc3c2)cc(OC)c1OC. The Morgan fingerprint density at radius 3 is 2.48 bits per heavy atom. The number of fused-ring (bicyclic) bond motifs is 1. The number of carbonyl (C=O) groups is 1. The lowest BCUT2D eigenvalue weighted by atomic mass is 10.1. The molecule has 3 heterocycles. The molecule has 3 N–H and O–H groups in total. The summed E-state index contributed by atoms with van der Waals surface area (Å²) in [5, 5.41) is 9.74. The molecule has 0 radical (unpaired) electrons. The number of anilines is 1. The van der Waals surface area contributed by atoms with Crippen molar-refractivity contribution in [1.29, 1.82) is 0 Å². The molecule has 11 heteroatoms. The Labute approximate surface area is 181 Å². The second-order valence-electron chi connectivity index (χ2n) is 6.43. The van der Waals surface area contributed by atoms with Crippen LogP contribution in [0.2, 0.25) is 0 Å². The van der Waals surface area contributed by atoms with E-state index < -0.39 is 0 Å². The number of nitrogens with one attached hydrogen (secondary N) is 1. The first-order valence-corrected chi connectivity index (χ1v) is 10.0. The normalized spacial score (nSPS) is 10.8. The molecule has 0 bridgehead atoms. The summed E-state index contributed by atoms with van der Waals surface area (Å²) in [7, 11) is 4.61. The van der Waals surface area contributed by atoms with E-state index in [0.29, 0.717) is 45.1 Å². The highest BCUT2D eigenvalue weighted by Crippen LogP contribution is 2.38. The summed E-state index contributed by atoms with van der Waals surface area (Å²) in [6.45, 7) is 0.248. The molecular weight excluding hydrogens is 420 g/mol. The Bertz CT molecular complexity index is 1210. The van der Waals surface area contributed by atoms with Gasteiger partial charge in [0.05, 0.1) is 21.3 Å². The maximum atomic E-state index is 12.8. The monoisotopic (exact) mass is 440 g/mol. The molecule has 0 atom stereocenters. The first kappa shape index (κ1) is 20.4. The maximum Gasteiger partial charge on any atom is 0.251 e. The summed E-state index contributed by atoms with van der Waals surface area (Å²) < 4.78 is 17.5. The number of ether oxygens (including phenoxy) is 3. The minimum absolute atomic E-state index is 0.248. The van der Waals surface area contributed by atoms with E-state index in [1.54, 1.807) is 30.5 Å². The smallest absolute Gasteiger partial charge is 0.251 e. The fraction of sp³-hybridized carbons (Fsp3) is 0.200. The van der Waals surface area contributed by atoms with Crippen LogP contribution >= 0.6 is 11.3 Å². The minimum Gasteiger partial charge on any atom is -0.493 e. The van der Waals surface area contributed by atoms with Gasteiger partial charge in [0.15, 0.2) is 22.2 Å². The Kier molecular flexibility index (Phi) is 5.58. The summed E-state index contributed by atoms with van der Waals surface area (Å²) in [4.78, 5) is 21.4. The fourth-order valence-electron chi connectivity index (χ4n) is 3.09. The third-order valence-electron chi connectivity index (χ3n) is 4.53. The van der Waals surface area contributed by atoms with Crippen LogP contribution in [0.25, 0.3) is 16.5 Å². The maximum absolute atomic E-state index is 12.8. The number of pyridine rings is 1. The summed E-state index contributed by atoms with van der Waals surface area (Å²) >= 11 is 1.42. The van der Waals surface area contributed by atoms with E-state index in [2.05, 4.69) is 20.4 Å². The predicted molar refractivity (Wildman–Crippen MR) is 116 cm³/mol. The summed E-state index contributed by atoms with van der Waals surface area (Å²) in [5.74, 6) is 1.95. The lowest BCUT2D eigenvalue weighted by molar-refractivity contribution is 0.0951. The molecule has 4 aromatic rings. The standard InChI is InChI=1S/C20H20N6O4S/c1-28-13-6-11(7-14(29-2)17(13)30-3)10-23-19(27)12-8-15(21)26-16(9-12)24-18(25-26)20-22-4-5-31-20/h4-9H,10,21H2,1-3H3,(H,23,27). The van der Waals surface area contributed by atoms with Gasteiger partial charge in [-0.25, -0.2) is 9.97 Å². The van der Waals surface area contributed by atoms with E-state index in [1.807, 2.05) is 5.38 Å². The molecule has 1 amide bonds. The Morgan fingerprint density at radius 2 is 1.87 bits per heavy atom. The third kappa shape index (κ3) is 3.94. The van der Waals surface area contributed by atoms with E-state index in [0.717, 1.165) is 5.56 Å². The van der Waals surface area contributed by atoms with Crippen molar-refractivity contribution in [3.8, 4) is 28.1 Å². The van der Waals surface area contributed by atoms with Gasteiger partial charge in [-0.05, 0) is 29.8 Å². The van der Waals surface area contributed by atoms with Crippen LogP contribution in [0.4, 0.5) is 5.82 Å². The second kappa shape index (κ2) is 8.48. The van der Waals surface area contributed by atoms with Gasteiger partial charge in [-0.1, -0.05) is 0 Å². The Morgan fingerprint density at radius 1 is 1.13 bits per heavy atom. The molecule has 4 rings (SSSR count). The van der Waals surface area contributed by atoms with Gasteiger partial charge in [-0.15, -0.1) is 16.4 Å². The Balaban J connectivity index is 1.56. The molecule has 0 spiro atoms. The van der Waals surface area contributed by atoms with Gasteiger partial charge in [0.1, 0.15) is 5.82 Å². The summed E-state index contributed by atoms with van der Waals surface area (Å²) in [6, 6.07) is 6.73. The molecule has 0 unspecified atom stereocenters. The van der Waals surface area contributed by atoms with Crippen molar-refractivity contribution in [3.63, 3.8) is 0 Å². The van der Waals surface area contributed by atoms with Crippen LogP contribution < -0.4 is 25.3 Å². The quantitative estimate of drug-likeness (QED) is 0.449. The average Bonchev–Trinajstić information content (AvgIpc) is 3.46. The summed E-state index contributed by atoms with van der Waals surface area (Å²) in [5.41, 5.74) is 7.71. The van der Waals surface area contributed by atoms with Crippen LogP contribution in [0, 0.1) is 0 Å². The van der Waals surface area contributed by atoms with E-state index in [4.69, 9.17) is 19.9 Å². The average molecular weight is 440 g/mol. The molecule has 0 aliphatic heterocycles. The molecule has 0 saturated heterocycles. The van der Waals surface area contributed by atoms with Crippen LogP contribution in [0.15, 0.2) is 35.8 Å². The number of hydrogen-bond donors (Lipinski definition) is 2. The Hall–Kier alpha value is -3.86. The molecule has 3 aromatic heterocycles. The number of carbonyl (C=O) groups excluding carboxylic acids is 1. The topological polar surface area (TPSA) is 126 Å². The zero-order chi connectivity index (χ0) is 22.0. The van der Waals surface area contributed by atoms with Crippen LogP contribution in [0.3, 0.4) is 0 Å². The van der Waals surface area contributed by atoms with Crippen molar-refractivity contribution in [1.82, 2.24) is 24.9 Å². The lowest BCUT2D eigenvalue weighted by Crippen LogP contribution is -2.23. The van der Waals surface area contributed by atoms with Crippen molar-refractivity contribution < 1.29 is 19.0 Å². The van der Waals surface area contributed by atoms with Crippen LogP contribution in [-0.2, 0) is 6.54 Å². The largest absolute Gasteiger partial charge is 0.493 e. The molecular formula is C20H20N6O4S. The van der Waals surface area contributed by atoms with Crippen LogP contribution in [-0.4, -0.2) is 46.8 Å². The van der Waals surface area contributed by atoms with E-state index >= 15 is 0 Å². The molecule has 0 aliphatic rings. The van der Waals surface area contributed by atoms with Gasteiger partial charge < -0.3 is 25.3 Å². The lowest BCUT2D eigenvalue weighted by Gasteiger charge is -2.14. The number of thiazole rings is 1. The van der Waals surface area contributed by atoms with Crippen LogP contribution in [0.5, 0.6) is 17.2 Å². The van der Waals surface area contributed by atoms with E-state index in [1.165, 1.54) is 37.2 Å². The van der Waals surface area contributed by atoms with Gasteiger partial charge in [0.2, 0.25) is 11.6 Å². The molecule has 10 nitrogen and oxygen atoms in total. The van der Waals surface area contributed by atoms with Gasteiger partial charge in [0, 0.05) is 23.7 Å². The molecule has 1 aromatic carbocycles. The van der Waals surface area contributed by atoms with E-state index in [9.17, 15) is 4.79 Å². The number of rotatable bonds is 7. The second-order valence-corrected chi connectivity index (χ2v) is 7.32. The number of hydrogen-bond acceptors (Lipinski definition) is 9. The zero-order valence-corrected chi connectivity index (χ0v) is 17.9.